The highest BCUT2D eigenvalue weighted by Crippen LogP contribution is 2.37. The first-order chi connectivity index (χ1) is 12.7. The fourth-order valence-corrected chi connectivity index (χ4v) is 5.03. The van der Waals surface area contributed by atoms with Crippen molar-refractivity contribution in [2.45, 2.75) is 76.3 Å². The van der Waals surface area contributed by atoms with Crippen LogP contribution in [0.3, 0.4) is 0 Å². The van der Waals surface area contributed by atoms with E-state index in [1.54, 1.807) is 0 Å². The molecule has 0 amide bonds. The molecule has 6 nitrogen and oxygen atoms in total. The van der Waals surface area contributed by atoms with Gasteiger partial charge in [-0.15, -0.1) is 10.2 Å². The third kappa shape index (κ3) is 2.61. The molecular formula is C20H30N6. The molecule has 5 rings (SSSR count). The van der Waals surface area contributed by atoms with Crippen molar-refractivity contribution in [3.63, 3.8) is 0 Å². The molecule has 6 heteroatoms. The number of aromatic nitrogens is 5. The maximum absolute atomic E-state index is 5.08. The maximum Gasteiger partial charge on any atom is 0.146 e. The zero-order valence-electron chi connectivity index (χ0n) is 16.1. The third-order valence-corrected chi connectivity index (χ3v) is 6.88. The second-order valence-electron chi connectivity index (χ2n) is 8.42. The van der Waals surface area contributed by atoms with Gasteiger partial charge in [-0.2, -0.15) is 0 Å². The zero-order chi connectivity index (χ0) is 17.7. The molecule has 0 aromatic carbocycles. The number of aryl methyl sites for hydroxylation is 1. The molecule has 26 heavy (non-hydrogen) atoms. The second-order valence-corrected chi connectivity index (χ2v) is 8.42. The van der Waals surface area contributed by atoms with E-state index in [-0.39, 0.29) is 0 Å². The Bertz CT molecular complexity index is 800. The van der Waals surface area contributed by atoms with Gasteiger partial charge in [0, 0.05) is 25.7 Å². The van der Waals surface area contributed by atoms with Gasteiger partial charge in [-0.3, -0.25) is 4.90 Å². The minimum Gasteiger partial charge on any atom is -0.334 e. The summed E-state index contributed by atoms with van der Waals surface area (Å²) >= 11 is 0. The lowest BCUT2D eigenvalue weighted by Crippen LogP contribution is -2.27. The van der Waals surface area contributed by atoms with Crippen molar-refractivity contribution >= 4 is 0 Å². The van der Waals surface area contributed by atoms with Crippen molar-refractivity contribution in [1.29, 1.82) is 0 Å². The summed E-state index contributed by atoms with van der Waals surface area (Å²) < 4.78 is 4.65. The van der Waals surface area contributed by atoms with Crippen LogP contribution in [-0.4, -0.2) is 35.8 Å². The summed E-state index contributed by atoms with van der Waals surface area (Å²) in [5, 5.41) is 9.06. The Morgan fingerprint density at radius 3 is 2.50 bits per heavy atom. The van der Waals surface area contributed by atoms with Crippen LogP contribution in [0.5, 0.6) is 0 Å². The van der Waals surface area contributed by atoms with Crippen LogP contribution in [-0.2, 0) is 33.5 Å². The molecule has 1 saturated carbocycles. The molecule has 2 aromatic heterocycles. The van der Waals surface area contributed by atoms with Gasteiger partial charge in [0.15, 0.2) is 0 Å². The topological polar surface area (TPSA) is 51.8 Å². The smallest absolute Gasteiger partial charge is 0.146 e. The van der Waals surface area contributed by atoms with Crippen LogP contribution in [0.15, 0.2) is 0 Å². The highest BCUT2D eigenvalue weighted by molar-refractivity contribution is 5.22. The average Bonchev–Trinajstić information content (AvgIpc) is 3.28. The molecule has 1 atom stereocenters. The van der Waals surface area contributed by atoms with E-state index in [0.717, 1.165) is 25.3 Å². The van der Waals surface area contributed by atoms with Crippen LogP contribution >= 0.6 is 0 Å². The van der Waals surface area contributed by atoms with Crippen LogP contribution < -0.4 is 0 Å². The molecule has 0 bridgehead atoms. The van der Waals surface area contributed by atoms with Gasteiger partial charge in [-0.1, -0.05) is 6.42 Å². The van der Waals surface area contributed by atoms with E-state index in [9.17, 15) is 0 Å². The molecule has 2 aliphatic carbocycles. The Morgan fingerprint density at radius 1 is 0.885 bits per heavy atom. The zero-order valence-corrected chi connectivity index (χ0v) is 16.1. The number of imidazole rings is 1. The van der Waals surface area contributed by atoms with E-state index in [0.29, 0.717) is 12.0 Å². The summed E-state index contributed by atoms with van der Waals surface area (Å²) in [6.45, 7) is 2.02. The molecule has 0 unspecified atom stereocenters. The van der Waals surface area contributed by atoms with Gasteiger partial charge in [0.25, 0.3) is 0 Å². The fourth-order valence-electron chi connectivity index (χ4n) is 5.03. The number of hydrogen-bond acceptors (Lipinski definition) is 4. The van der Waals surface area contributed by atoms with E-state index in [1.807, 2.05) is 0 Å². The lowest BCUT2D eigenvalue weighted by molar-refractivity contribution is 0.227. The molecule has 3 aliphatic rings. The first kappa shape index (κ1) is 16.5. The molecule has 3 heterocycles. The molecule has 0 spiro atoms. The van der Waals surface area contributed by atoms with Gasteiger partial charge in [-0.25, -0.2) is 4.98 Å². The van der Waals surface area contributed by atoms with Gasteiger partial charge in [0.1, 0.15) is 17.5 Å². The standard InChI is InChI=1S/C20H30N6/c1-24-16-10-4-3-9-15(16)21-20(24)17-11-6-12-26(17)13-18-22-23-19(25(18)2)14-7-5-8-14/h14,17H,3-13H2,1-2H3/t17-/m1/s1. The van der Waals surface area contributed by atoms with Gasteiger partial charge < -0.3 is 9.13 Å². The quantitative estimate of drug-likeness (QED) is 0.847. The molecule has 140 valence electrons. The van der Waals surface area contributed by atoms with Crippen molar-refractivity contribution in [2.75, 3.05) is 6.54 Å². The van der Waals surface area contributed by atoms with Gasteiger partial charge in [-0.05, 0) is 57.9 Å². The SMILES string of the molecule is Cn1c(CN2CCC[C@@H]2c2nc3c(n2C)CCCC3)nnc1C1CCC1. The number of rotatable bonds is 4. The summed E-state index contributed by atoms with van der Waals surface area (Å²) in [7, 11) is 4.37. The van der Waals surface area contributed by atoms with Crippen LogP contribution in [0.1, 0.15) is 85.8 Å². The van der Waals surface area contributed by atoms with Crippen LogP contribution in [0.25, 0.3) is 0 Å². The Balaban J connectivity index is 1.38. The summed E-state index contributed by atoms with van der Waals surface area (Å²) in [6.07, 6.45) is 11.3. The van der Waals surface area contributed by atoms with Gasteiger partial charge >= 0.3 is 0 Å². The molecular weight excluding hydrogens is 324 g/mol. The van der Waals surface area contributed by atoms with Crippen molar-refractivity contribution in [3.05, 3.63) is 28.9 Å². The predicted molar refractivity (Wildman–Crippen MR) is 99.8 cm³/mol. The highest BCUT2D eigenvalue weighted by Gasteiger charge is 2.33. The summed E-state index contributed by atoms with van der Waals surface area (Å²) in [5.74, 6) is 4.21. The van der Waals surface area contributed by atoms with Gasteiger partial charge in [0.2, 0.25) is 0 Å². The van der Waals surface area contributed by atoms with Gasteiger partial charge in [0.05, 0.1) is 18.3 Å². The van der Waals surface area contributed by atoms with Crippen LogP contribution in [0.2, 0.25) is 0 Å². The lowest BCUT2D eigenvalue weighted by atomic mass is 9.85. The fraction of sp³-hybridized carbons (Fsp3) is 0.750. The monoisotopic (exact) mass is 354 g/mol. The van der Waals surface area contributed by atoms with E-state index in [2.05, 4.69) is 38.3 Å². The Labute approximate surface area is 155 Å². The minimum absolute atomic E-state index is 0.425. The van der Waals surface area contributed by atoms with E-state index in [4.69, 9.17) is 4.98 Å². The Morgan fingerprint density at radius 2 is 1.73 bits per heavy atom. The van der Waals surface area contributed by atoms with E-state index >= 15 is 0 Å². The highest BCUT2D eigenvalue weighted by atomic mass is 15.3. The van der Waals surface area contributed by atoms with Crippen molar-refractivity contribution in [1.82, 2.24) is 29.2 Å². The molecule has 0 N–H and O–H groups in total. The van der Waals surface area contributed by atoms with E-state index in [1.165, 1.54) is 74.4 Å². The summed E-state index contributed by atoms with van der Waals surface area (Å²) in [5.41, 5.74) is 2.83. The van der Waals surface area contributed by atoms with E-state index < -0.39 is 0 Å². The van der Waals surface area contributed by atoms with Crippen molar-refractivity contribution in [3.8, 4) is 0 Å². The lowest BCUT2D eigenvalue weighted by Gasteiger charge is -2.25. The summed E-state index contributed by atoms with van der Waals surface area (Å²) in [4.78, 5) is 7.65. The predicted octanol–water partition coefficient (Wildman–Crippen LogP) is 3.03. The van der Waals surface area contributed by atoms with Crippen molar-refractivity contribution in [2.24, 2.45) is 14.1 Å². The normalized spacial score (nSPS) is 24.0. The maximum atomic E-state index is 5.08. The second kappa shape index (κ2) is 6.48. The number of hydrogen-bond donors (Lipinski definition) is 0. The average molecular weight is 355 g/mol. The van der Waals surface area contributed by atoms with Crippen LogP contribution in [0, 0.1) is 0 Å². The number of likely N-dealkylation sites (tertiary alicyclic amines) is 1. The minimum atomic E-state index is 0.425. The Hall–Kier alpha value is -1.69. The summed E-state index contributed by atoms with van der Waals surface area (Å²) in [6, 6.07) is 0.425. The number of nitrogens with zero attached hydrogens (tertiary/aromatic N) is 6. The molecule has 2 fully saturated rings. The molecule has 1 saturated heterocycles. The first-order valence-corrected chi connectivity index (χ1v) is 10.4. The number of fused-ring (bicyclic) bond motifs is 1. The first-order valence-electron chi connectivity index (χ1n) is 10.4. The van der Waals surface area contributed by atoms with Crippen molar-refractivity contribution < 1.29 is 0 Å². The Kier molecular flexibility index (Phi) is 4.11. The largest absolute Gasteiger partial charge is 0.334 e. The molecule has 1 aliphatic heterocycles. The third-order valence-electron chi connectivity index (χ3n) is 6.88. The molecule has 0 radical (unpaired) electrons. The molecule has 2 aromatic rings. The van der Waals surface area contributed by atoms with Crippen LogP contribution in [0.4, 0.5) is 0 Å².